The van der Waals surface area contributed by atoms with Crippen molar-refractivity contribution in [1.82, 2.24) is 9.55 Å². The molecule has 16 heavy (non-hydrogen) atoms. The van der Waals surface area contributed by atoms with E-state index in [2.05, 4.69) is 9.55 Å². The molecule has 0 aliphatic rings. The van der Waals surface area contributed by atoms with Crippen LogP contribution >= 0.6 is 0 Å². The van der Waals surface area contributed by atoms with Crippen molar-refractivity contribution in [3.63, 3.8) is 0 Å². The summed E-state index contributed by atoms with van der Waals surface area (Å²) in [5, 5.41) is 9.19. The Balaban J connectivity index is 2.13. The van der Waals surface area contributed by atoms with Crippen molar-refractivity contribution in [2.24, 2.45) is 0 Å². The van der Waals surface area contributed by atoms with Gasteiger partial charge in [-0.15, -0.1) is 0 Å². The van der Waals surface area contributed by atoms with E-state index in [0.717, 1.165) is 36.1 Å². The molecule has 1 aromatic carbocycles. The average molecular weight is 219 g/mol. The Bertz CT molecular complexity index is 476. The zero-order valence-corrected chi connectivity index (χ0v) is 9.43. The molecule has 1 heterocycles. The molecule has 1 unspecified atom stereocenters. The smallest absolute Gasteiger partial charge is 0.0958 e. The fraction of sp³-hybridized carbons (Fsp3) is 0.417. The molecule has 3 N–H and O–H groups in total. The number of aliphatic hydroxyl groups is 1. The Kier molecular flexibility index (Phi) is 3.10. The lowest BCUT2D eigenvalue weighted by atomic mass is 10.2. The van der Waals surface area contributed by atoms with E-state index in [1.807, 2.05) is 31.5 Å². The monoisotopic (exact) mass is 219 g/mol. The SMILES string of the molecule is CC(O)CCCn1cnc2cc(N)ccc21. The van der Waals surface area contributed by atoms with E-state index in [1.165, 1.54) is 0 Å². The summed E-state index contributed by atoms with van der Waals surface area (Å²) in [5.41, 5.74) is 8.45. The predicted molar refractivity (Wildman–Crippen MR) is 65.1 cm³/mol. The van der Waals surface area contributed by atoms with Crippen LogP contribution in [0, 0.1) is 0 Å². The van der Waals surface area contributed by atoms with Crippen LogP contribution < -0.4 is 5.73 Å². The summed E-state index contributed by atoms with van der Waals surface area (Å²) in [6.07, 6.45) is 3.36. The summed E-state index contributed by atoms with van der Waals surface area (Å²) in [6, 6.07) is 5.75. The number of aromatic nitrogens is 2. The number of fused-ring (bicyclic) bond motifs is 1. The highest BCUT2D eigenvalue weighted by Gasteiger charge is 2.03. The molecule has 1 aromatic heterocycles. The molecule has 4 nitrogen and oxygen atoms in total. The summed E-state index contributed by atoms with van der Waals surface area (Å²) in [6.45, 7) is 2.69. The fourth-order valence-electron chi connectivity index (χ4n) is 1.82. The summed E-state index contributed by atoms with van der Waals surface area (Å²) < 4.78 is 2.09. The van der Waals surface area contributed by atoms with Crippen molar-refractivity contribution in [1.29, 1.82) is 0 Å². The first-order chi connectivity index (χ1) is 7.66. The van der Waals surface area contributed by atoms with Crippen LogP contribution in [0.15, 0.2) is 24.5 Å². The zero-order chi connectivity index (χ0) is 11.5. The number of nitrogens with two attached hydrogens (primary N) is 1. The number of hydrogen-bond acceptors (Lipinski definition) is 3. The van der Waals surface area contributed by atoms with Gasteiger partial charge in [0.25, 0.3) is 0 Å². The van der Waals surface area contributed by atoms with Crippen molar-refractivity contribution >= 4 is 16.7 Å². The number of imidazole rings is 1. The maximum atomic E-state index is 9.19. The maximum Gasteiger partial charge on any atom is 0.0958 e. The standard InChI is InChI=1S/C12H17N3O/c1-9(16)3-2-6-15-8-14-11-7-10(13)4-5-12(11)15/h4-5,7-9,16H,2-3,6,13H2,1H3. The summed E-state index contributed by atoms with van der Waals surface area (Å²) in [7, 11) is 0. The van der Waals surface area contributed by atoms with E-state index >= 15 is 0 Å². The minimum atomic E-state index is -0.231. The molecule has 0 fully saturated rings. The third-order valence-corrected chi connectivity index (χ3v) is 2.67. The van der Waals surface area contributed by atoms with Gasteiger partial charge < -0.3 is 15.4 Å². The molecule has 0 aliphatic heterocycles. The molecule has 4 heteroatoms. The van der Waals surface area contributed by atoms with E-state index < -0.39 is 0 Å². The molecule has 86 valence electrons. The van der Waals surface area contributed by atoms with Gasteiger partial charge in [0.15, 0.2) is 0 Å². The second-order valence-corrected chi connectivity index (χ2v) is 4.18. The highest BCUT2D eigenvalue weighted by molar-refractivity contribution is 5.78. The summed E-state index contributed by atoms with van der Waals surface area (Å²) in [5.74, 6) is 0. The second kappa shape index (κ2) is 4.53. The molecule has 2 aromatic rings. The first-order valence-electron chi connectivity index (χ1n) is 5.55. The average Bonchev–Trinajstić information content (AvgIpc) is 2.60. The highest BCUT2D eigenvalue weighted by atomic mass is 16.3. The van der Waals surface area contributed by atoms with Crippen LogP contribution in [0.5, 0.6) is 0 Å². The molecule has 0 bridgehead atoms. The Morgan fingerprint density at radius 3 is 3.06 bits per heavy atom. The van der Waals surface area contributed by atoms with Gasteiger partial charge in [-0.2, -0.15) is 0 Å². The van der Waals surface area contributed by atoms with Crippen molar-refractivity contribution in [3.8, 4) is 0 Å². The number of aryl methyl sites for hydroxylation is 1. The van der Waals surface area contributed by atoms with Crippen LogP contribution in [-0.4, -0.2) is 20.8 Å². The largest absolute Gasteiger partial charge is 0.399 e. The molecule has 1 atom stereocenters. The lowest BCUT2D eigenvalue weighted by molar-refractivity contribution is 0.179. The van der Waals surface area contributed by atoms with E-state index in [-0.39, 0.29) is 6.10 Å². The predicted octanol–water partition coefficient (Wildman–Crippen LogP) is 1.78. The van der Waals surface area contributed by atoms with Gasteiger partial charge in [-0.05, 0) is 38.0 Å². The van der Waals surface area contributed by atoms with Crippen molar-refractivity contribution in [2.75, 3.05) is 5.73 Å². The second-order valence-electron chi connectivity index (χ2n) is 4.18. The minimum absolute atomic E-state index is 0.231. The van der Waals surface area contributed by atoms with E-state index in [4.69, 9.17) is 5.73 Å². The van der Waals surface area contributed by atoms with E-state index in [9.17, 15) is 5.11 Å². The van der Waals surface area contributed by atoms with Gasteiger partial charge in [0.05, 0.1) is 23.5 Å². The van der Waals surface area contributed by atoms with Crippen LogP contribution in [0.2, 0.25) is 0 Å². The topological polar surface area (TPSA) is 64.1 Å². The van der Waals surface area contributed by atoms with Crippen LogP contribution in [0.25, 0.3) is 11.0 Å². The Hall–Kier alpha value is -1.55. The third kappa shape index (κ3) is 2.33. The van der Waals surface area contributed by atoms with Crippen LogP contribution in [0.4, 0.5) is 5.69 Å². The minimum Gasteiger partial charge on any atom is -0.399 e. The summed E-state index contributed by atoms with van der Waals surface area (Å²) >= 11 is 0. The zero-order valence-electron chi connectivity index (χ0n) is 9.43. The molecule has 2 rings (SSSR count). The number of nitrogens with zero attached hydrogens (tertiary/aromatic N) is 2. The highest BCUT2D eigenvalue weighted by Crippen LogP contribution is 2.16. The summed E-state index contributed by atoms with van der Waals surface area (Å²) in [4.78, 5) is 4.30. The number of hydrogen-bond donors (Lipinski definition) is 2. The van der Waals surface area contributed by atoms with Crippen LogP contribution in [0.1, 0.15) is 19.8 Å². The molecular weight excluding hydrogens is 202 g/mol. The van der Waals surface area contributed by atoms with Gasteiger partial charge in [-0.1, -0.05) is 0 Å². The third-order valence-electron chi connectivity index (χ3n) is 2.67. The normalized spacial score (nSPS) is 13.1. The van der Waals surface area contributed by atoms with Crippen molar-refractivity contribution < 1.29 is 5.11 Å². The van der Waals surface area contributed by atoms with Crippen molar-refractivity contribution in [3.05, 3.63) is 24.5 Å². The number of nitrogen functional groups attached to an aromatic ring is 1. The van der Waals surface area contributed by atoms with Gasteiger partial charge >= 0.3 is 0 Å². The Labute approximate surface area is 94.7 Å². The first kappa shape index (κ1) is 11.0. The van der Waals surface area contributed by atoms with Gasteiger partial charge in [0.1, 0.15) is 0 Å². The lowest BCUT2D eigenvalue weighted by Crippen LogP contribution is -2.03. The molecule has 0 spiro atoms. The molecule has 0 radical (unpaired) electrons. The van der Waals surface area contributed by atoms with E-state index in [0.29, 0.717) is 0 Å². The molecule has 0 saturated carbocycles. The van der Waals surface area contributed by atoms with Gasteiger partial charge in [0, 0.05) is 12.2 Å². The van der Waals surface area contributed by atoms with Crippen LogP contribution in [-0.2, 0) is 6.54 Å². The number of anilines is 1. The van der Waals surface area contributed by atoms with Gasteiger partial charge in [0.2, 0.25) is 0 Å². The number of rotatable bonds is 4. The van der Waals surface area contributed by atoms with Gasteiger partial charge in [-0.25, -0.2) is 4.98 Å². The maximum absolute atomic E-state index is 9.19. The number of benzene rings is 1. The Morgan fingerprint density at radius 2 is 2.31 bits per heavy atom. The lowest BCUT2D eigenvalue weighted by Gasteiger charge is -2.06. The molecule has 0 saturated heterocycles. The fourth-order valence-corrected chi connectivity index (χ4v) is 1.82. The molecular formula is C12H17N3O. The first-order valence-corrected chi connectivity index (χ1v) is 5.55. The van der Waals surface area contributed by atoms with E-state index in [1.54, 1.807) is 0 Å². The Morgan fingerprint density at radius 1 is 1.50 bits per heavy atom. The van der Waals surface area contributed by atoms with Gasteiger partial charge in [-0.3, -0.25) is 0 Å². The quantitative estimate of drug-likeness (QED) is 0.770. The molecule has 0 amide bonds. The van der Waals surface area contributed by atoms with Crippen LogP contribution in [0.3, 0.4) is 0 Å². The molecule has 0 aliphatic carbocycles. The number of aliphatic hydroxyl groups excluding tert-OH is 1. The van der Waals surface area contributed by atoms with Crippen molar-refractivity contribution in [2.45, 2.75) is 32.4 Å².